The minimum atomic E-state index is -0.189. The van der Waals surface area contributed by atoms with Crippen molar-refractivity contribution in [3.05, 3.63) is 59.7 Å². The molecule has 0 atom stereocenters. The van der Waals surface area contributed by atoms with Gasteiger partial charge in [-0.15, -0.1) is 0 Å². The molecule has 0 saturated carbocycles. The molecule has 1 amide bonds. The lowest BCUT2D eigenvalue weighted by molar-refractivity contribution is -0.123. The van der Waals surface area contributed by atoms with Crippen molar-refractivity contribution >= 4 is 5.91 Å². The van der Waals surface area contributed by atoms with Crippen LogP contribution in [0.3, 0.4) is 0 Å². The minimum Gasteiger partial charge on any atom is -0.493 e. The Hall–Kier alpha value is -2.57. The van der Waals surface area contributed by atoms with E-state index in [0.29, 0.717) is 24.6 Å². The van der Waals surface area contributed by atoms with E-state index in [9.17, 15) is 4.79 Å². The molecule has 0 aromatic heterocycles. The fourth-order valence-corrected chi connectivity index (χ4v) is 2.37. The summed E-state index contributed by atoms with van der Waals surface area (Å²) < 4.78 is 10.9. The summed E-state index contributed by atoms with van der Waals surface area (Å²) in [5.41, 5.74) is 2.08. The molecule has 140 valence electrons. The highest BCUT2D eigenvalue weighted by molar-refractivity contribution is 5.77. The highest BCUT2D eigenvalue weighted by Gasteiger charge is 2.09. The van der Waals surface area contributed by atoms with Crippen molar-refractivity contribution < 1.29 is 19.4 Å². The number of amides is 1. The zero-order valence-corrected chi connectivity index (χ0v) is 15.0. The maximum absolute atomic E-state index is 12.0. The molecule has 26 heavy (non-hydrogen) atoms. The monoisotopic (exact) mass is 358 g/mol. The van der Waals surface area contributed by atoms with Crippen LogP contribution >= 0.6 is 0 Å². The zero-order valence-electron chi connectivity index (χ0n) is 15.0. The van der Waals surface area contributed by atoms with Crippen LogP contribution in [0.4, 0.5) is 0 Å². The van der Waals surface area contributed by atoms with Gasteiger partial charge in [-0.1, -0.05) is 36.4 Å². The Morgan fingerprint density at radius 3 is 2.58 bits per heavy atom. The summed E-state index contributed by atoms with van der Waals surface area (Å²) in [4.78, 5) is 12.0. The van der Waals surface area contributed by atoms with Gasteiger partial charge in [0.1, 0.15) is 0 Å². The molecule has 0 fully saturated rings. The standard InChI is InChI=1S/C20H26N2O4/c1-25-19-12-17(13-21-10-5-11-23)8-9-18(19)26-15-20(24)22-14-16-6-3-2-4-7-16/h2-4,6-9,12,21,23H,5,10-11,13-15H2,1H3,(H,22,24). The predicted molar refractivity (Wildman–Crippen MR) is 100 cm³/mol. The molecule has 2 aromatic carbocycles. The molecule has 3 N–H and O–H groups in total. The molecule has 6 heteroatoms. The van der Waals surface area contributed by atoms with E-state index in [2.05, 4.69) is 10.6 Å². The number of ether oxygens (including phenoxy) is 2. The third-order valence-electron chi connectivity index (χ3n) is 3.76. The lowest BCUT2D eigenvalue weighted by Gasteiger charge is -2.13. The number of carbonyl (C=O) groups is 1. The maximum Gasteiger partial charge on any atom is 0.258 e. The van der Waals surface area contributed by atoms with Crippen molar-refractivity contribution in [2.45, 2.75) is 19.5 Å². The lowest BCUT2D eigenvalue weighted by atomic mass is 10.2. The van der Waals surface area contributed by atoms with E-state index in [1.807, 2.05) is 42.5 Å². The molecule has 6 nitrogen and oxygen atoms in total. The number of nitrogens with one attached hydrogen (secondary N) is 2. The predicted octanol–water partition coefficient (Wildman–Crippen LogP) is 1.86. The Morgan fingerprint density at radius 1 is 1.04 bits per heavy atom. The minimum absolute atomic E-state index is 0.0721. The number of aliphatic hydroxyl groups excluding tert-OH is 1. The summed E-state index contributed by atoms with van der Waals surface area (Å²) in [7, 11) is 1.57. The van der Waals surface area contributed by atoms with Gasteiger partial charge in [-0.2, -0.15) is 0 Å². The van der Waals surface area contributed by atoms with E-state index >= 15 is 0 Å². The third-order valence-corrected chi connectivity index (χ3v) is 3.76. The fourth-order valence-electron chi connectivity index (χ4n) is 2.37. The first kappa shape index (κ1) is 19.8. The zero-order chi connectivity index (χ0) is 18.6. The van der Waals surface area contributed by atoms with Gasteiger partial charge in [0.2, 0.25) is 0 Å². The second-order valence-electron chi connectivity index (χ2n) is 5.79. The first-order valence-electron chi connectivity index (χ1n) is 8.65. The summed E-state index contributed by atoms with van der Waals surface area (Å²) in [6.07, 6.45) is 0.719. The Labute approximate surface area is 154 Å². The van der Waals surface area contributed by atoms with Gasteiger partial charge >= 0.3 is 0 Å². The smallest absolute Gasteiger partial charge is 0.258 e. The van der Waals surface area contributed by atoms with Crippen LogP contribution in [0.2, 0.25) is 0 Å². The van der Waals surface area contributed by atoms with Crippen LogP contribution in [0.25, 0.3) is 0 Å². The number of carbonyl (C=O) groups excluding carboxylic acids is 1. The molecule has 2 aromatic rings. The van der Waals surface area contributed by atoms with E-state index in [4.69, 9.17) is 14.6 Å². The van der Waals surface area contributed by atoms with Gasteiger partial charge in [0.15, 0.2) is 18.1 Å². The van der Waals surface area contributed by atoms with Gasteiger partial charge in [0.25, 0.3) is 5.91 Å². The van der Waals surface area contributed by atoms with Crippen LogP contribution in [-0.4, -0.2) is 37.9 Å². The van der Waals surface area contributed by atoms with Crippen molar-refractivity contribution in [1.29, 1.82) is 0 Å². The van der Waals surface area contributed by atoms with Crippen molar-refractivity contribution in [3.8, 4) is 11.5 Å². The number of methoxy groups -OCH3 is 1. The molecule has 0 aliphatic heterocycles. The lowest BCUT2D eigenvalue weighted by Crippen LogP contribution is -2.28. The number of hydrogen-bond acceptors (Lipinski definition) is 5. The first-order chi connectivity index (χ1) is 12.7. The summed E-state index contributed by atoms with van der Waals surface area (Å²) in [6, 6.07) is 15.3. The summed E-state index contributed by atoms with van der Waals surface area (Å²) in [6.45, 7) is 2.00. The van der Waals surface area contributed by atoms with Gasteiger partial charge in [0.05, 0.1) is 7.11 Å². The average molecular weight is 358 g/mol. The van der Waals surface area contributed by atoms with Gasteiger partial charge in [-0.05, 0) is 36.2 Å². The van der Waals surface area contributed by atoms with E-state index in [0.717, 1.165) is 24.1 Å². The Kier molecular flexibility index (Phi) is 8.45. The third kappa shape index (κ3) is 6.74. The average Bonchev–Trinajstić information content (AvgIpc) is 2.69. The normalized spacial score (nSPS) is 10.4. The molecule has 0 saturated heterocycles. The molecule has 0 radical (unpaired) electrons. The number of aliphatic hydroxyl groups is 1. The van der Waals surface area contributed by atoms with Crippen molar-refractivity contribution in [2.75, 3.05) is 26.9 Å². The molecule has 0 aliphatic carbocycles. The number of rotatable bonds is 11. The van der Waals surface area contributed by atoms with E-state index in [-0.39, 0.29) is 19.1 Å². The summed E-state index contributed by atoms with van der Waals surface area (Å²) >= 11 is 0. The quantitative estimate of drug-likeness (QED) is 0.535. The molecule has 0 heterocycles. The highest BCUT2D eigenvalue weighted by atomic mass is 16.5. The molecule has 2 rings (SSSR count). The van der Waals surface area contributed by atoms with Crippen molar-refractivity contribution in [1.82, 2.24) is 10.6 Å². The van der Waals surface area contributed by atoms with E-state index in [1.165, 1.54) is 0 Å². The summed E-state index contributed by atoms with van der Waals surface area (Å²) in [5, 5.41) is 14.8. The topological polar surface area (TPSA) is 79.8 Å². The maximum atomic E-state index is 12.0. The molecular weight excluding hydrogens is 332 g/mol. The second kappa shape index (κ2) is 11.1. The van der Waals surface area contributed by atoms with Crippen LogP contribution in [0.15, 0.2) is 48.5 Å². The van der Waals surface area contributed by atoms with Crippen LogP contribution in [0, 0.1) is 0 Å². The second-order valence-corrected chi connectivity index (χ2v) is 5.79. The number of hydrogen-bond donors (Lipinski definition) is 3. The van der Waals surface area contributed by atoms with E-state index in [1.54, 1.807) is 13.2 Å². The van der Waals surface area contributed by atoms with Crippen LogP contribution in [0.1, 0.15) is 17.5 Å². The molecule has 0 spiro atoms. The van der Waals surface area contributed by atoms with Gasteiger partial charge < -0.3 is 25.2 Å². The van der Waals surface area contributed by atoms with Gasteiger partial charge in [0, 0.05) is 19.7 Å². The van der Waals surface area contributed by atoms with Crippen LogP contribution < -0.4 is 20.1 Å². The number of benzene rings is 2. The Bertz CT molecular complexity index is 677. The largest absolute Gasteiger partial charge is 0.493 e. The first-order valence-corrected chi connectivity index (χ1v) is 8.65. The van der Waals surface area contributed by atoms with Crippen LogP contribution in [0.5, 0.6) is 11.5 Å². The molecule has 0 bridgehead atoms. The fraction of sp³-hybridized carbons (Fsp3) is 0.350. The molecule has 0 unspecified atom stereocenters. The van der Waals surface area contributed by atoms with Crippen molar-refractivity contribution in [2.24, 2.45) is 0 Å². The van der Waals surface area contributed by atoms with Crippen molar-refractivity contribution in [3.63, 3.8) is 0 Å². The molecular formula is C20H26N2O4. The van der Waals surface area contributed by atoms with Crippen LogP contribution in [-0.2, 0) is 17.9 Å². The van der Waals surface area contributed by atoms with E-state index < -0.39 is 0 Å². The Balaban J connectivity index is 1.81. The van der Waals surface area contributed by atoms with Gasteiger partial charge in [-0.3, -0.25) is 4.79 Å². The van der Waals surface area contributed by atoms with Gasteiger partial charge in [-0.25, -0.2) is 0 Å². The highest BCUT2D eigenvalue weighted by Crippen LogP contribution is 2.28. The SMILES string of the molecule is COc1cc(CNCCCO)ccc1OCC(=O)NCc1ccccc1. The Morgan fingerprint density at radius 2 is 1.85 bits per heavy atom. The molecule has 0 aliphatic rings. The summed E-state index contributed by atoms with van der Waals surface area (Å²) in [5.74, 6) is 0.925.